The number of imidazole rings is 1. The number of carbonyl (C=O) groups excluding carboxylic acids is 1. The summed E-state index contributed by atoms with van der Waals surface area (Å²) in [5.74, 6) is -0.0916. The van der Waals surface area contributed by atoms with E-state index >= 15 is 0 Å². The lowest BCUT2D eigenvalue weighted by Gasteiger charge is -2.01. The summed E-state index contributed by atoms with van der Waals surface area (Å²) in [4.78, 5) is 15.3. The van der Waals surface area contributed by atoms with Crippen molar-refractivity contribution in [1.82, 2.24) is 14.7 Å². The largest absolute Gasteiger partial charge is 0.355 e. The van der Waals surface area contributed by atoms with Gasteiger partial charge in [-0.15, -0.1) is 0 Å². The Morgan fingerprint density at radius 2 is 2.46 bits per heavy atom. The summed E-state index contributed by atoms with van der Waals surface area (Å²) in [6, 6.07) is 3.59. The molecule has 1 amide bonds. The lowest BCUT2D eigenvalue weighted by Crippen LogP contribution is -2.18. The highest BCUT2D eigenvalue weighted by atomic mass is 16.1. The first-order valence-electron chi connectivity index (χ1n) is 3.95. The Morgan fingerprint density at radius 1 is 1.62 bits per heavy atom. The second-order valence-corrected chi connectivity index (χ2v) is 2.69. The third-order valence-corrected chi connectivity index (χ3v) is 1.92. The summed E-state index contributed by atoms with van der Waals surface area (Å²) in [6.07, 6.45) is 5.20. The van der Waals surface area contributed by atoms with Gasteiger partial charge in [-0.1, -0.05) is 0 Å². The Balaban J connectivity index is 2.67. The average molecular weight is 175 g/mol. The van der Waals surface area contributed by atoms with Gasteiger partial charge in [0.2, 0.25) is 0 Å². The molecule has 0 spiro atoms. The highest BCUT2D eigenvalue weighted by molar-refractivity contribution is 6.00. The van der Waals surface area contributed by atoms with Gasteiger partial charge >= 0.3 is 0 Å². The molecule has 66 valence electrons. The Labute approximate surface area is 75.2 Å². The van der Waals surface area contributed by atoms with E-state index < -0.39 is 0 Å². The zero-order chi connectivity index (χ0) is 9.26. The molecule has 2 heterocycles. The molecule has 4 nitrogen and oxygen atoms in total. The summed E-state index contributed by atoms with van der Waals surface area (Å²) in [6.45, 7) is 0. The molecule has 0 bridgehead atoms. The maximum atomic E-state index is 11.4. The van der Waals surface area contributed by atoms with Crippen LogP contribution in [0.5, 0.6) is 0 Å². The molecule has 0 aliphatic heterocycles. The van der Waals surface area contributed by atoms with Crippen LogP contribution in [0.4, 0.5) is 0 Å². The van der Waals surface area contributed by atoms with Gasteiger partial charge < -0.3 is 9.72 Å². The summed E-state index contributed by atoms with van der Waals surface area (Å²) in [5.41, 5.74) is 1.46. The summed E-state index contributed by atoms with van der Waals surface area (Å²) >= 11 is 0. The first-order chi connectivity index (χ1) is 6.33. The van der Waals surface area contributed by atoms with E-state index in [1.165, 1.54) is 0 Å². The first kappa shape index (κ1) is 7.79. The van der Waals surface area contributed by atoms with Crippen LogP contribution in [0, 0.1) is 0 Å². The second-order valence-electron chi connectivity index (χ2n) is 2.69. The lowest BCUT2D eigenvalue weighted by molar-refractivity contribution is 0.0964. The molecule has 0 fully saturated rings. The van der Waals surface area contributed by atoms with E-state index in [0.29, 0.717) is 5.56 Å². The number of aromatic nitrogens is 2. The molecule has 0 saturated carbocycles. The highest BCUT2D eigenvalue weighted by Crippen LogP contribution is 2.09. The number of carbonyl (C=O) groups is 1. The minimum absolute atomic E-state index is 0.0916. The van der Waals surface area contributed by atoms with Crippen molar-refractivity contribution in [2.75, 3.05) is 7.05 Å². The maximum Gasteiger partial charge on any atom is 0.253 e. The number of amides is 1. The molecule has 0 unspecified atom stereocenters. The van der Waals surface area contributed by atoms with Gasteiger partial charge in [0.25, 0.3) is 5.91 Å². The Bertz CT molecular complexity index is 447. The van der Waals surface area contributed by atoms with Crippen molar-refractivity contribution in [2.24, 2.45) is 0 Å². The van der Waals surface area contributed by atoms with Crippen molar-refractivity contribution in [3.05, 3.63) is 36.4 Å². The third kappa shape index (κ3) is 1.16. The van der Waals surface area contributed by atoms with Gasteiger partial charge in [0.15, 0.2) is 0 Å². The topological polar surface area (TPSA) is 46.4 Å². The Morgan fingerprint density at radius 3 is 3.23 bits per heavy atom. The van der Waals surface area contributed by atoms with Gasteiger partial charge in [0.1, 0.15) is 0 Å². The van der Waals surface area contributed by atoms with E-state index in [4.69, 9.17) is 0 Å². The Kier molecular flexibility index (Phi) is 1.73. The fourth-order valence-corrected chi connectivity index (χ4v) is 1.28. The smallest absolute Gasteiger partial charge is 0.253 e. The molecule has 0 saturated heterocycles. The predicted molar refractivity (Wildman–Crippen MR) is 48.6 cm³/mol. The molecule has 2 aromatic rings. The molecule has 0 aromatic carbocycles. The molecule has 13 heavy (non-hydrogen) atoms. The predicted octanol–water partition coefficient (Wildman–Crippen LogP) is 0.694. The highest BCUT2D eigenvalue weighted by Gasteiger charge is 2.07. The number of nitrogens with zero attached hydrogens (tertiary/aromatic N) is 2. The van der Waals surface area contributed by atoms with Crippen LogP contribution in [-0.4, -0.2) is 22.3 Å². The lowest BCUT2D eigenvalue weighted by atomic mass is 10.2. The van der Waals surface area contributed by atoms with Gasteiger partial charge in [0.05, 0.1) is 23.6 Å². The van der Waals surface area contributed by atoms with Crippen LogP contribution in [0.3, 0.4) is 0 Å². The number of rotatable bonds is 1. The van der Waals surface area contributed by atoms with E-state index in [2.05, 4.69) is 10.3 Å². The van der Waals surface area contributed by atoms with Gasteiger partial charge in [0, 0.05) is 13.2 Å². The van der Waals surface area contributed by atoms with Gasteiger partial charge in [-0.3, -0.25) is 4.79 Å². The fraction of sp³-hybridized carbons (Fsp3) is 0.111. The molecule has 1 N–H and O–H groups in total. The van der Waals surface area contributed by atoms with Crippen LogP contribution in [0.1, 0.15) is 10.4 Å². The van der Waals surface area contributed by atoms with Crippen molar-refractivity contribution in [1.29, 1.82) is 0 Å². The normalized spacial score (nSPS) is 10.2. The number of hydrogen-bond donors (Lipinski definition) is 1. The van der Waals surface area contributed by atoms with Crippen LogP contribution in [0.15, 0.2) is 30.9 Å². The molecular formula is C9H9N3O. The van der Waals surface area contributed by atoms with Gasteiger partial charge in [-0.2, -0.15) is 0 Å². The standard InChI is InChI=1S/C9H9N3O/c1-10-9(13)7-3-2-4-12-6-11-5-8(7)12/h2-6H,1H3,(H,10,13). The molecule has 0 aliphatic carbocycles. The number of pyridine rings is 1. The van der Waals surface area contributed by atoms with Crippen molar-refractivity contribution >= 4 is 11.4 Å². The number of nitrogens with one attached hydrogen (secondary N) is 1. The van der Waals surface area contributed by atoms with Crippen LogP contribution in [0.2, 0.25) is 0 Å². The molecule has 0 aliphatic rings. The Hall–Kier alpha value is -1.84. The van der Waals surface area contributed by atoms with E-state index in [0.717, 1.165) is 5.52 Å². The third-order valence-electron chi connectivity index (χ3n) is 1.92. The van der Waals surface area contributed by atoms with E-state index in [9.17, 15) is 4.79 Å². The van der Waals surface area contributed by atoms with Crippen molar-refractivity contribution in [3.63, 3.8) is 0 Å². The van der Waals surface area contributed by atoms with E-state index in [1.54, 1.807) is 25.6 Å². The van der Waals surface area contributed by atoms with E-state index in [-0.39, 0.29) is 5.91 Å². The minimum Gasteiger partial charge on any atom is -0.355 e. The van der Waals surface area contributed by atoms with Crippen molar-refractivity contribution in [2.45, 2.75) is 0 Å². The fourth-order valence-electron chi connectivity index (χ4n) is 1.28. The quantitative estimate of drug-likeness (QED) is 0.693. The van der Waals surface area contributed by atoms with Crippen LogP contribution >= 0.6 is 0 Å². The number of hydrogen-bond acceptors (Lipinski definition) is 2. The van der Waals surface area contributed by atoms with Crippen LogP contribution < -0.4 is 5.32 Å². The SMILES string of the molecule is CNC(=O)c1cccn2cncc12. The zero-order valence-corrected chi connectivity index (χ0v) is 7.19. The number of fused-ring (bicyclic) bond motifs is 1. The first-order valence-corrected chi connectivity index (χ1v) is 3.95. The van der Waals surface area contributed by atoms with E-state index in [1.807, 2.05) is 16.7 Å². The molecular weight excluding hydrogens is 166 g/mol. The summed E-state index contributed by atoms with van der Waals surface area (Å²) in [7, 11) is 1.61. The average Bonchev–Trinajstić information content (AvgIpc) is 2.63. The van der Waals surface area contributed by atoms with Crippen LogP contribution in [0.25, 0.3) is 5.52 Å². The summed E-state index contributed by atoms with van der Waals surface area (Å²) in [5, 5.41) is 2.58. The van der Waals surface area contributed by atoms with Crippen LogP contribution in [-0.2, 0) is 0 Å². The summed E-state index contributed by atoms with van der Waals surface area (Å²) < 4.78 is 1.81. The molecule has 0 atom stereocenters. The molecule has 2 rings (SSSR count). The van der Waals surface area contributed by atoms with Gasteiger partial charge in [-0.05, 0) is 12.1 Å². The van der Waals surface area contributed by atoms with Crippen molar-refractivity contribution < 1.29 is 4.79 Å². The zero-order valence-electron chi connectivity index (χ0n) is 7.19. The van der Waals surface area contributed by atoms with Crippen molar-refractivity contribution in [3.8, 4) is 0 Å². The monoisotopic (exact) mass is 175 g/mol. The molecule has 2 aromatic heterocycles. The van der Waals surface area contributed by atoms with Gasteiger partial charge in [-0.25, -0.2) is 4.98 Å². The second kappa shape index (κ2) is 2.90. The molecule has 4 heteroatoms. The maximum absolute atomic E-state index is 11.4. The molecule has 0 radical (unpaired) electrons. The minimum atomic E-state index is -0.0916.